The first-order valence-corrected chi connectivity index (χ1v) is 6.50. The zero-order chi connectivity index (χ0) is 14.4. The summed E-state index contributed by atoms with van der Waals surface area (Å²) in [6.45, 7) is 7.12. The molecule has 1 aromatic rings. The fourth-order valence-corrected chi connectivity index (χ4v) is 2.19. The van der Waals surface area contributed by atoms with Crippen LogP contribution in [0.1, 0.15) is 23.1 Å². The van der Waals surface area contributed by atoms with Gasteiger partial charge in [-0.3, -0.25) is 4.79 Å². The zero-order valence-corrected chi connectivity index (χ0v) is 12.1. The molecule has 0 heterocycles. The molecule has 1 aromatic carbocycles. The number of carbonyl (C=O) groups is 1. The molecule has 4 heteroatoms. The van der Waals surface area contributed by atoms with Crippen LogP contribution in [0.4, 0.5) is 5.69 Å². The van der Waals surface area contributed by atoms with E-state index in [9.17, 15) is 4.79 Å². The van der Waals surface area contributed by atoms with Gasteiger partial charge < -0.3 is 10.2 Å². The number of nitriles is 1. The van der Waals surface area contributed by atoms with Crippen molar-refractivity contribution >= 4 is 11.6 Å². The molecule has 0 aromatic heterocycles. The molecule has 1 rings (SSSR count). The van der Waals surface area contributed by atoms with Crippen LogP contribution in [0.2, 0.25) is 0 Å². The number of rotatable bonds is 5. The van der Waals surface area contributed by atoms with Crippen LogP contribution in [-0.4, -0.2) is 26.0 Å². The molecule has 0 bridgehead atoms. The Kier molecular flexibility index (Phi) is 5.53. The van der Waals surface area contributed by atoms with E-state index in [4.69, 9.17) is 5.26 Å². The predicted molar refractivity (Wildman–Crippen MR) is 76.1 cm³/mol. The first kappa shape index (κ1) is 15.2. The summed E-state index contributed by atoms with van der Waals surface area (Å²) in [4.78, 5) is 13.0. The number of hydrogen-bond acceptors (Lipinski definition) is 2. The molecule has 19 heavy (non-hydrogen) atoms. The molecule has 2 N–H and O–H groups in total. The Hall–Kier alpha value is -1.86. The molecule has 0 saturated carbocycles. The molecule has 0 saturated heterocycles. The second kappa shape index (κ2) is 6.91. The lowest BCUT2D eigenvalue weighted by Gasteiger charge is -2.15. The number of benzene rings is 1. The number of likely N-dealkylation sites (N-methyl/N-ethyl adjacent to an activating group) is 1. The van der Waals surface area contributed by atoms with Crippen LogP contribution in [0, 0.1) is 32.1 Å². The molecule has 0 spiro atoms. The van der Waals surface area contributed by atoms with Gasteiger partial charge in [-0.25, -0.2) is 0 Å². The highest BCUT2D eigenvalue weighted by atomic mass is 16.2. The van der Waals surface area contributed by atoms with Gasteiger partial charge in [-0.1, -0.05) is 17.7 Å². The molecule has 0 aliphatic rings. The van der Waals surface area contributed by atoms with Crippen LogP contribution >= 0.6 is 0 Å². The van der Waals surface area contributed by atoms with E-state index >= 15 is 0 Å². The summed E-state index contributed by atoms with van der Waals surface area (Å²) in [5, 5.41) is 11.5. The molecular formula is C15H22N3O+. The standard InChI is InChI=1S/C15H21N3O/c1-11-8-12(2)15(13(3)9-11)17-14(19)10-18(4)7-5-6-16/h8-9H,5,7,10H2,1-4H3,(H,17,19)/p+1. The number of nitrogens with one attached hydrogen (secondary N) is 2. The summed E-state index contributed by atoms with van der Waals surface area (Å²) < 4.78 is 0. The third kappa shape index (κ3) is 4.72. The summed E-state index contributed by atoms with van der Waals surface area (Å²) in [6, 6.07) is 6.22. The second-order valence-electron chi connectivity index (χ2n) is 5.11. The molecule has 4 nitrogen and oxygen atoms in total. The Morgan fingerprint density at radius 3 is 2.42 bits per heavy atom. The second-order valence-corrected chi connectivity index (χ2v) is 5.11. The summed E-state index contributed by atoms with van der Waals surface area (Å²) in [5.74, 6) is -0.00880. The number of amides is 1. The molecule has 0 aliphatic carbocycles. The van der Waals surface area contributed by atoms with Gasteiger partial charge in [-0.05, 0) is 31.9 Å². The minimum atomic E-state index is -0.00880. The Labute approximate surface area is 115 Å². The van der Waals surface area contributed by atoms with Crippen LogP contribution in [0.3, 0.4) is 0 Å². The number of aryl methyl sites for hydroxylation is 3. The monoisotopic (exact) mass is 260 g/mol. The quantitative estimate of drug-likeness (QED) is 0.829. The average Bonchev–Trinajstić information content (AvgIpc) is 2.31. The van der Waals surface area contributed by atoms with E-state index in [-0.39, 0.29) is 5.91 Å². The summed E-state index contributed by atoms with van der Waals surface area (Å²) in [6.07, 6.45) is 0.474. The molecule has 0 fully saturated rings. The minimum absolute atomic E-state index is 0.00880. The largest absolute Gasteiger partial charge is 0.329 e. The Balaban J connectivity index is 2.65. The van der Waals surface area contributed by atoms with E-state index in [1.165, 1.54) is 5.56 Å². The van der Waals surface area contributed by atoms with Gasteiger partial charge in [0.25, 0.3) is 5.91 Å². The van der Waals surface area contributed by atoms with E-state index in [2.05, 4.69) is 23.5 Å². The van der Waals surface area contributed by atoms with Crippen LogP contribution < -0.4 is 10.2 Å². The molecular weight excluding hydrogens is 238 g/mol. The third-order valence-corrected chi connectivity index (χ3v) is 3.07. The molecule has 1 atom stereocenters. The maximum Gasteiger partial charge on any atom is 0.279 e. The lowest BCUT2D eigenvalue weighted by atomic mass is 10.1. The van der Waals surface area contributed by atoms with E-state index in [0.29, 0.717) is 19.5 Å². The summed E-state index contributed by atoms with van der Waals surface area (Å²) in [7, 11) is 1.92. The first-order chi connectivity index (χ1) is 8.93. The topological polar surface area (TPSA) is 57.3 Å². The SMILES string of the molecule is Cc1cc(C)c(NC(=O)C[NH+](C)CCC#N)c(C)c1. The molecule has 102 valence electrons. The van der Waals surface area contributed by atoms with Gasteiger partial charge in [-0.2, -0.15) is 5.26 Å². The van der Waals surface area contributed by atoms with Crippen LogP contribution in [0.25, 0.3) is 0 Å². The highest BCUT2D eigenvalue weighted by Crippen LogP contribution is 2.21. The van der Waals surface area contributed by atoms with Gasteiger partial charge >= 0.3 is 0 Å². The Morgan fingerprint density at radius 1 is 1.32 bits per heavy atom. The van der Waals surface area contributed by atoms with E-state index in [1.54, 1.807) is 0 Å². The number of nitrogens with zero attached hydrogens (tertiary/aromatic N) is 1. The van der Waals surface area contributed by atoms with Gasteiger partial charge in [0.05, 0.1) is 26.1 Å². The Morgan fingerprint density at radius 2 is 1.89 bits per heavy atom. The number of quaternary nitrogens is 1. The van der Waals surface area contributed by atoms with Gasteiger partial charge in [0.1, 0.15) is 0 Å². The van der Waals surface area contributed by atoms with Crippen molar-refractivity contribution in [2.75, 3.05) is 25.5 Å². The van der Waals surface area contributed by atoms with Crippen molar-refractivity contribution < 1.29 is 9.69 Å². The van der Waals surface area contributed by atoms with Crippen LogP contribution in [-0.2, 0) is 4.79 Å². The lowest BCUT2D eigenvalue weighted by Crippen LogP contribution is -3.10. The average molecular weight is 260 g/mol. The van der Waals surface area contributed by atoms with Crippen molar-refractivity contribution in [2.24, 2.45) is 0 Å². The fourth-order valence-electron chi connectivity index (χ4n) is 2.19. The van der Waals surface area contributed by atoms with Crippen molar-refractivity contribution in [1.29, 1.82) is 5.26 Å². The van der Waals surface area contributed by atoms with E-state index in [1.807, 2.05) is 27.8 Å². The molecule has 0 aliphatic heterocycles. The van der Waals surface area contributed by atoms with Crippen LogP contribution in [0.5, 0.6) is 0 Å². The van der Waals surface area contributed by atoms with Gasteiger partial charge in [0.2, 0.25) is 0 Å². The third-order valence-electron chi connectivity index (χ3n) is 3.07. The highest BCUT2D eigenvalue weighted by Gasteiger charge is 2.12. The predicted octanol–water partition coefficient (Wildman–Crippen LogP) is 0.979. The van der Waals surface area contributed by atoms with E-state index in [0.717, 1.165) is 21.7 Å². The van der Waals surface area contributed by atoms with Crippen molar-refractivity contribution in [3.05, 3.63) is 28.8 Å². The van der Waals surface area contributed by atoms with Crippen molar-refractivity contribution in [3.63, 3.8) is 0 Å². The number of anilines is 1. The number of carbonyl (C=O) groups excluding carboxylic acids is 1. The summed E-state index contributed by atoms with van der Waals surface area (Å²) in [5.41, 5.74) is 4.27. The van der Waals surface area contributed by atoms with E-state index < -0.39 is 0 Å². The van der Waals surface area contributed by atoms with Crippen molar-refractivity contribution in [1.82, 2.24) is 0 Å². The van der Waals surface area contributed by atoms with Crippen LogP contribution in [0.15, 0.2) is 12.1 Å². The summed E-state index contributed by atoms with van der Waals surface area (Å²) >= 11 is 0. The number of hydrogen-bond donors (Lipinski definition) is 2. The molecule has 1 unspecified atom stereocenters. The first-order valence-electron chi connectivity index (χ1n) is 6.50. The van der Waals surface area contributed by atoms with Crippen molar-refractivity contribution in [3.8, 4) is 6.07 Å². The maximum atomic E-state index is 12.0. The lowest BCUT2D eigenvalue weighted by molar-refractivity contribution is -0.870. The normalized spacial score (nSPS) is 11.7. The van der Waals surface area contributed by atoms with Gasteiger partial charge in [0, 0.05) is 5.69 Å². The van der Waals surface area contributed by atoms with Gasteiger partial charge in [-0.15, -0.1) is 0 Å². The fraction of sp³-hybridized carbons (Fsp3) is 0.467. The van der Waals surface area contributed by atoms with Gasteiger partial charge in [0.15, 0.2) is 6.54 Å². The smallest absolute Gasteiger partial charge is 0.279 e. The molecule has 1 amide bonds. The van der Waals surface area contributed by atoms with Crippen molar-refractivity contribution in [2.45, 2.75) is 27.2 Å². The minimum Gasteiger partial charge on any atom is -0.329 e. The Bertz CT molecular complexity index is 480. The zero-order valence-electron chi connectivity index (χ0n) is 12.1. The molecule has 0 radical (unpaired) electrons. The maximum absolute atomic E-state index is 12.0. The highest BCUT2D eigenvalue weighted by molar-refractivity contribution is 5.93.